The molecule has 0 aliphatic carbocycles. The monoisotopic (exact) mass is 296 g/mol. The Hall–Kier alpha value is -1.63. The number of rotatable bonds is 5. The number of aromatic nitrogens is 3. The number of ether oxygens (including phenoxy) is 2. The molecule has 0 aliphatic heterocycles. The molecule has 0 amide bonds. The number of benzene rings is 1. The minimum atomic E-state index is 0.299. The maximum Gasteiger partial charge on any atom is 0.146 e. The molecule has 0 atom stereocenters. The molecule has 6 nitrogen and oxygen atoms in total. The van der Waals surface area contributed by atoms with Crippen LogP contribution in [-0.4, -0.2) is 29.2 Å². The summed E-state index contributed by atoms with van der Waals surface area (Å²) >= 11 is 6.12. The third-order valence-electron chi connectivity index (χ3n) is 3.01. The van der Waals surface area contributed by atoms with Crippen LogP contribution >= 0.6 is 11.6 Å². The van der Waals surface area contributed by atoms with Crippen LogP contribution in [0.4, 0.5) is 0 Å². The number of methoxy groups -OCH3 is 2. The summed E-state index contributed by atoms with van der Waals surface area (Å²) in [6.07, 6.45) is 0. The molecule has 108 valence electrons. The Morgan fingerprint density at radius 2 is 2.10 bits per heavy atom. The van der Waals surface area contributed by atoms with Crippen molar-refractivity contribution in [3.63, 3.8) is 0 Å². The van der Waals surface area contributed by atoms with Crippen LogP contribution in [0.3, 0.4) is 0 Å². The lowest BCUT2D eigenvalue weighted by Crippen LogP contribution is -2.08. The van der Waals surface area contributed by atoms with E-state index in [0.717, 1.165) is 16.9 Å². The van der Waals surface area contributed by atoms with E-state index in [0.29, 0.717) is 29.6 Å². The summed E-state index contributed by atoms with van der Waals surface area (Å²) in [4.78, 5) is 0. The Bertz CT molecular complexity index is 613. The van der Waals surface area contributed by atoms with Gasteiger partial charge in [0.1, 0.15) is 17.1 Å². The topological polar surface area (TPSA) is 75.2 Å². The van der Waals surface area contributed by atoms with E-state index in [4.69, 9.17) is 26.8 Å². The van der Waals surface area contributed by atoms with Gasteiger partial charge in [-0.25, -0.2) is 4.68 Å². The van der Waals surface area contributed by atoms with Crippen LogP contribution < -0.4 is 10.5 Å². The van der Waals surface area contributed by atoms with E-state index >= 15 is 0 Å². The highest BCUT2D eigenvalue weighted by Gasteiger charge is 2.17. The van der Waals surface area contributed by atoms with Gasteiger partial charge < -0.3 is 15.2 Å². The van der Waals surface area contributed by atoms with Crippen LogP contribution in [-0.2, 0) is 17.9 Å². The average molecular weight is 297 g/mol. The average Bonchev–Trinajstić information content (AvgIpc) is 2.84. The number of nitrogens with zero attached hydrogens (tertiary/aromatic N) is 3. The Kier molecular flexibility index (Phi) is 4.59. The molecular formula is C13H17ClN4O2. The first kappa shape index (κ1) is 14.8. The zero-order valence-corrected chi connectivity index (χ0v) is 12.4. The third-order valence-corrected chi connectivity index (χ3v) is 3.41. The maximum atomic E-state index is 6.12. The molecule has 2 N–H and O–H groups in total. The van der Waals surface area contributed by atoms with Crippen molar-refractivity contribution in [1.29, 1.82) is 0 Å². The first-order valence-corrected chi connectivity index (χ1v) is 6.47. The van der Waals surface area contributed by atoms with E-state index in [1.54, 1.807) is 25.0 Å². The molecule has 2 aromatic rings. The normalized spacial score (nSPS) is 10.8. The van der Waals surface area contributed by atoms with Crippen molar-refractivity contribution < 1.29 is 9.47 Å². The summed E-state index contributed by atoms with van der Waals surface area (Å²) in [6.45, 7) is 2.58. The van der Waals surface area contributed by atoms with Gasteiger partial charge in [0.15, 0.2) is 0 Å². The molecule has 0 saturated heterocycles. The molecule has 0 aliphatic rings. The van der Waals surface area contributed by atoms with Crippen molar-refractivity contribution in [2.24, 2.45) is 5.73 Å². The Morgan fingerprint density at radius 1 is 1.35 bits per heavy atom. The van der Waals surface area contributed by atoms with Crippen LogP contribution in [0.15, 0.2) is 12.1 Å². The predicted octanol–water partition coefficient (Wildman–Crippen LogP) is 1.84. The summed E-state index contributed by atoms with van der Waals surface area (Å²) in [5.74, 6) is 0.617. The number of aryl methyl sites for hydroxylation is 1. The van der Waals surface area contributed by atoms with E-state index in [-0.39, 0.29) is 0 Å². The van der Waals surface area contributed by atoms with Crippen LogP contribution in [0.25, 0.3) is 5.69 Å². The summed E-state index contributed by atoms with van der Waals surface area (Å²) in [7, 11) is 3.20. The van der Waals surface area contributed by atoms with E-state index in [1.165, 1.54) is 0 Å². The highest BCUT2D eigenvalue weighted by Crippen LogP contribution is 2.30. The Labute approximate surface area is 122 Å². The summed E-state index contributed by atoms with van der Waals surface area (Å²) in [6, 6.07) is 3.65. The number of nitrogens with two attached hydrogens (primary N) is 1. The molecule has 1 heterocycles. The van der Waals surface area contributed by atoms with E-state index < -0.39 is 0 Å². The Morgan fingerprint density at radius 3 is 2.70 bits per heavy atom. The first-order valence-electron chi connectivity index (χ1n) is 6.09. The van der Waals surface area contributed by atoms with Gasteiger partial charge in [-0.15, -0.1) is 5.10 Å². The zero-order chi connectivity index (χ0) is 14.7. The smallest absolute Gasteiger partial charge is 0.146 e. The van der Waals surface area contributed by atoms with E-state index in [9.17, 15) is 0 Å². The standard InChI is InChI=1S/C13H17ClN4O2/c1-8-4-11(13(20-3)5-9(8)14)18-12(7-19-2)10(6-15)16-17-18/h4-5H,6-7,15H2,1-3H3. The molecule has 0 fully saturated rings. The molecule has 20 heavy (non-hydrogen) atoms. The SMILES string of the molecule is COCc1c(CN)nnn1-c1cc(C)c(Cl)cc1OC. The fourth-order valence-corrected chi connectivity index (χ4v) is 2.10. The first-order chi connectivity index (χ1) is 9.62. The number of halogens is 1. The molecule has 1 aromatic carbocycles. The summed E-state index contributed by atoms with van der Waals surface area (Å²) in [5.41, 5.74) is 8.85. The van der Waals surface area contributed by atoms with Crippen LogP contribution in [0.1, 0.15) is 17.0 Å². The van der Waals surface area contributed by atoms with Gasteiger partial charge in [0.05, 0.1) is 19.4 Å². The third kappa shape index (κ3) is 2.63. The molecule has 1 aromatic heterocycles. The van der Waals surface area contributed by atoms with Crippen LogP contribution in [0, 0.1) is 6.92 Å². The lowest BCUT2D eigenvalue weighted by molar-refractivity contribution is 0.178. The highest BCUT2D eigenvalue weighted by atomic mass is 35.5. The van der Waals surface area contributed by atoms with Crippen molar-refractivity contribution in [1.82, 2.24) is 15.0 Å². The van der Waals surface area contributed by atoms with Crippen molar-refractivity contribution in [3.05, 3.63) is 34.1 Å². The largest absolute Gasteiger partial charge is 0.494 e. The molecule has 0 spiro atoms. The van der Waals surface area contributed by atoms with Crippen molar-refractivity contribution in [2.75, 3.05) is 14.2 Å². The van der Waals surface area contributed by atoms with Gasteiger partial charge in [-0.3, -0.25) is 0 Å². The predicted molar refractivity (Wildman–Crippen MR) is 76.3 cm³/mol. The minimum absolute atomic E-state index is 0.299. The number of hydrogen-bond donors (Lipinski definition) is 1. The molecular weight excluding hydrogens is 280 g/mol. The Balaban J connectivity index is 2.61. The molecule has 0 radical (unpaired) electrons. The summed E-state index contributed by atoms with van der Waals surface area (Å²) < 4.78 is 12.2. The summed E-state index contributed by atoms with van der Waals surface area (Å²) in [5, 5.41) is 8.85. The number of hydrogen-bond acceptors (Lipinski definition) is 5. The fourth-order valence-electron chi connectivity index (χ4n) is 1.94. The van der Waals surface area contributed by atoms with Crippen molar-refractivity contribution in [2.45, 2.75) is 20.1 Å². The molecule has 0 bridgehead atoms. The second-order valence-corrected chi connectivity index (χ2v) is 4.71. The maximum absolute atomic E-state index is 6.12. The highest BCUT2D eigenvalue weighted by molar-refractivity contribution is 6.31. The van der Waals surface area contributed by atoms with Crippen molar-refractivity contribution in [3.8, 4) is 11.4 Å². The molecule has 0 saturated carbocycles. The van der Waals surface area contributed by atoms with Gasteiger partial charge in [-0.2, -0.15) is 0 Å². The quantitative estimate of drug-likeness (QED) is 0.911. The van der Waals surface area contributed by atoms with E-state index in [2.05, 4.69) is 10.3 Å². The van der Waals surface area contributed by atoms with Gasteiger partial charge in [-0.1, -0.05) is 16.8 Å². The molecule has 2 rings (SSSR count). The molecule has 7 heteroatoms. The van der Waals surface area contributed by atoms with Crippen LogP contribution in [0.5, 0.6) is 5.75 Å². The molecule has 0 unspecified atom stereocenters. The van der Waals surface area contributed by atoms with Gasteiger partial charge in [0, 0.05) is 24.7 Å². The fraction of sp³-hybridized carbons (Fsp3) is 0.385. The second-order valence-electron chi connectivity index (χ2n) is 4.31. The van der Waals surface area contributed by atoms with Gasteiger partial charge in [0.25, 0.3) is 0 Å². The lowest BCUT2D eigenvalue weighted by Gasteiger charge is -2.13. The van der Waals surface area contributed by atoms with E-state index in [1.807, 2.05) is 13.0 Å². The van der Waals surface area contributed by atoms with Gasteiger partial charge in [-0.05, 0) is 18.6 Å². The van der Waals surface area contributed by atoms with Crippen LogP contribution in [0.2, 0.25) is 5.02 Å². The van der Waals surface area contributed by atoms with Gasteiger partial charge >= 0.3 is 0 Å². The van der Waals surface area contributed by atoms with Gasteiger partial charge in [0.2, 0.25) is 0 Å². The minimum Gasteiger partial charge on any atom is -0.494 e. The zero-order valence-electron chi connectivity index (χ0n) is 11.7. The van der Waals surface area contributed by atoms with Crippen molar-refractivity contribution >= 4 is 11.6 Å². The second kappa shape index (κ2) is 6.21. The lowest BCUT2D eigenvalue weighted by atomic mass is 10.2.